The van der Waals surface area contributed by atoms with Gasteiger partial charge in [-0.2, -0.15) is 4.98 Å². The van der Waals surface area contributed by atoms with Crippen molar-refractivity contribution in [2.75, 3.05) is 36.8 Å². The van der Waals surface area contributed by atoms with E-state index >= 15 is 0 Å². The second kappa shape index (κ2) is 8.94. The van der Waals surface area contributed by atoms with Crippen LogP contribution in [0, 0.1) is 0 Å². The Labute approximate surface area is 132 Å². The number of benzene rings is 1. The van der Waals surface area contributed by atoms with Gasteiger partial charge in [-0.15, -0.1) is 0 Å². The fraction of sp³-hybridized carbons (Fsp3) is 0.438. The molecule has 0 aliphatic heterocycles. The summed E-state index contributed by atoms with van der Waals surface area (Å²) in [4.78, 5) is 15.1. The molecule has 0 saturated heterocycles. The highest BCUT2D eigenvalue weighted by molar-refractivity contribution is 5.53. The first-order valence-corrected chi connectivity index (χ1v) is 7.79. The maximum absolute atomic E-state index is 4.37. The van der Waals surface area contributed by atoms with Crippen LogP contribution in [0.1, 0.15) is 20.3 Å². The molecule has 0 spiro atoms. The summed E-state index contributed by atoms with van der Waals surface area (Å²) in [6.07, 6.45) is 2.58. The predicted octanol–water partition coefficient (Wildman–Crippen LogP) is 2.76. The summed E-state index contributed by atoms with van der Waals surface area (Å²) in [5, 5.41) is 6.41. The highest BCUT2D eigenvalue weighted by Gasteiger charge is 2.02. The molecule has 6 nitrogen and oxygen atoms in total. The maximum atomic E-state index is 4.37. The molecule has 0 aliphatic carbocycles. The number of anilines is 3. The summed E-state index contributed by atoms with van der Waals surface area (Å²) in [7, 11) is 0. The lowest BCUT2D eigenvalue weighted by Gasteiger charge is -2.17. The van der Waals surface area contributed by atoms with Crippen molar-refractivity contribution in [3.63, 3.8) is 0 Å². The van der Waals surface area contributed by atoms with Crippen molar-refractivity contribution in [3.8, 4) is 0 Å². The van der Waals surface area contributed by atoms with Crippen molar-refractivity contribution in [1.82, 2.24) is 19.9 Å². The van der Waals surface area contributed by atoms with Gasteiger partial charge < -0.3 is 15.5 Å². The van der Waals surface area contributed by atoms with Crippen LogP contribution in [0.15, 0.2) is 36.7 Å². The van der Waals surface area contributed by atoms with Crippen molar-refractivity contribution in [2.45, 2.75) is 20.3 Å². The molecule has 1 heterocycles. The third-order valence-corrected chi connectivity index (χ3v) is 3.43. The molecule has 0 saturated carbocycles. The third kappa shape index (κ3) is 5.29. The van der Waals surface area contributed by atoms with Crippen LogP contribution in [0.2, 0.25) is 0 Å². The molecule has 2 rings (SSSR count). The highest BCUT2D eigenvalue weighted by atomic mass is 15.2. The van der Waals surface area contributed by atoms with E-state index in [1.54, 1.807) is 0 Å². The van der Waals surface area contributed by atoms with E-state index in [2.05, 4.69) is 44.3 Å². The van der Waals surface area contributed by atoms with Crippen molar-refractivity contribution in [2.24, 2.45) is 0 Å². The van der Waals surface area contributed by atoms with E-state index in [1.165, 1.54) is 6.33 Å². The van der Waals surface area contributed by atoms with E-state index in [4.69, 9.17) is 0 Å². The zero-order valence-electron chi connectivity index (χ0n) is 13.3. The first-order valence-electron chi connectivity index (χ1n) is 7.79. The Bertz CT molecular complexity index is 541. The summed E-state index contributed by atoms with van der Waals surface area (Å²) < 4.78 is 0. The second-order valence-corrected chi connectivity index (χ2v) is 4.93. The summed E-state index contributed by atoms with van der Waals surface area (Å²) in [5.41, 5.74) is 0.959. The maximum Gasteiger partial charge on any atom is 0.231 e. The van der Waals surface area contributed by atoms with Gasteiger partial charge in [0.2, 0.25) is 11.9 Å². The van der Waals surface area contributed by atoms with Gasteiger partial charge in [-0.1, -0.05) is 32.0 Å². The molecule has 0 fully saturated rings. The average molecular weight is 300 g/mol. The summed E-state index contributed by atoms with van der Waals surface area (Å²) in [6, 6.07) is 9.86. The number of nitrogens with zero attached hydrogens (tertiary/aromatic N) is 4. The first kappa shape index (κ1) is 16.2. The highest BCUT2D eigenvalue weighted by Crippen LogP contribution is 2.11. The van der Waals surface area contributed by atoms with Gasteiger partial charge in [0.05, 0.1) is 0 Å². The molecular formula is C16H24N6. The molecular weight excluding hydrogens is 276 g/mol. The van der Waals surface area contributed by atoms with Crippen molar-refractivity contribution >= 4 is 17.6 Å². The second-order valence-electron chi connectivity index (χ2n) is 4.93. The van der Waals surface area contributed by atoms with Crippen LogP contribution in [-0.4, -0.2) is 46.0 Å². The van der Waals surface area contributed by atoms with E-state index in [0.29, 0.717) is 11.9 Å². The summed E-state index contributed by atoms with van der Waals surface area (Å²) in [5.74, 6) is 1.15. The van der Waals surface area contributed by atoms with Crippen molar-refractivity contribution in [3.05, 3.63) is 36.7 Å². The van der Waals surface area contributed by atoms with Gasteiger partial charge >= 0.3 is 0 Å². The SMILES string of the molecule is CCN(CC)CCCNc1ncnc(Nc2ccccc2)n1. The minimum absolute atomic E-state index is 0.549. The number of nitrogens with one attached hydrogen (secondary N) is 2. The molecule has 0 bridgehead atoms. The monoisotopic (exact) mass is 300 g/mol. The van der Waals surface area contributed by atoms with E-state index in [-0.39, 0.29) is 0 Å². The molecule has 0 aliphatic rings. The van der Waals surface area contributed by atoms with E-state index in [0.717, 1.165) is 38.3 Å². The molecule has 0 amide bonds. The molecule has 1 aromatic carbocycles. The molecule has 0 unspecified atom stereocenters. The Hall–Kier alpha value is -2.21. The fourth-order valence-corrected chi connectivity index (χ4v) is 2.13. The lowest BCUT2D eigenvalue weighted by molar-refractivity contribution is 0.303. The molecule has 6 heteroatoms. The number of rotatable bonds is 9. The Morgan fingerprint density at radius 3 is 2.45 bits per heavy atom. The zero-order valence-corrected chi connectivity index (χ0v) is 13.3. The normalized spacial score (nSPS) is 10.7. The Kier molecular flexibility index (Phi) is 6.57. The quantitative estimate of drug-likeness (QED) is 0.694. The van der Waals surface area contributed by atoms with Crippen molar-refractivity contribution in [1.29, 1.82) is 0 Å². The lowest BCUT2D eigenvalue weighted by atomic mass is 10.3. The van der Waals surface area contributed by atoms with Crippen molar-refractivity contribution < 1.29 is 0 Å². The smallest absolute Gasteiger partial charge is 0.231 e. The van der Waals surface area contributed by atoms with E-state index in [1.807, 2.05) is 30.3 Å². The summed E-state index contributed by atoms with van der Waals surface area (Å²) >= 11 is 0. The molecule has 1 aromatic heterocycles. The number of hydrogen-bond acceptors (Lipinski definition) is 6. The number of hydrogen-bond donors (Lipinski definition) is 2. The molecule has 2 aromatic rings. The molecule has 118 valence electrons. The number of aromatic nitrogens is 3. The average Bonchev–Trinajstić information content (AvgIpc) is 2.56. The minimum atomic E-state index is 0.549. The standard InChI is InChI=1S/C16H24N6/c1-3-22(4-2)12-8-11-17-15-18-13-19-16(21-15)20-14-9-6-5-7-10-14/h5-7,9-10,13H,3-4,8,11-12H2,1-2H3,(H2,17,18,19,20,21). The first-order chi connectivity index (χ1) is 10.8. The lowest BCUT2D eigenvalue weighted by Crippen LogP contribution is -2.25. The van der Waals surface area contributed by atoms with Crippen LogP contribution in [0.3, 0.4) is 0 Å². The van der Waals surface area contributed by atoms with Gasteiger partial charge in [-0.25, -0.2) is 9.97 Å². The zero-order chi connectivity index (χ0) is 15.6. The van der Waals surface area contributed by atoms with Crippen LogP contribution in [0.5, 0.6) is 0 Å². The van der Waals surface area contributed by atoms with E-state index in [9.17, 15) is 0 Å². The molecule has 0 radical (unpaired) electrons. The third-order valence-electron chi connectivity index (χ3n) is 3.43. The van der Waals surface area contributed by atoms with Crippen LogP contribution in [0.25, 0.3) is 0 Å². The van der Waals surface area contributed by atoms with Crippen LogP contribution in [-0.2, 0) is 0 Å². The van der Waals surface area contributed by atoms with Crippen LogP contribution >= 0.6 is 0 Å². The number of para-hydroxylation sites is 1. The van der Waals surface area contributed by atoms with Gasteiger partial charge in [0.25, 0.3) is 0 Å². The van der Waals surface area contributed by atoms with Gasteiger partial charge in [0.15, 0.2) is 0 Å². The van der Waals surface area contributed by atoms with Gasteiger partial charge in [0, 0.05) is 12.2 Å². The Morgan fingerprint density at radius 1 is 1.00 bits per heavy atom. The Balaban J connectivity index is 1.81. The fourth-order valence-electron chi connectivity index (χ4n) is 2.13. The molecule has 2 N–H and O–H groups in total. The van der Waals surface area contributed by atoms with Gasteiger partial charge in [-0.05, 0) is 38.2 Å². The Morgan fingerprint density at radius 2 is 1.73 bits per heavy atom. The molecule has 0 atom stereocenters. The minimum Gasteiger partial charge on any atom is -0.354 e. The van der Waals surface area contributed by atoms with E-state index < -0.39 is 0 Å². The predicted molar refractivity (Wildman–Crippen MR) is 90.4 cm³/mol. The van der Waals surface area contributed by atoms with Gasteiger partial charge in [-0.3, -0.25) is 0 Å². The molecule has 22 heavy (non-hydrogen) atoms. The van der Waals surface area contributed by atoms with Crippen LogP contribution in [0.4, 0.5) is 17.6 Å². The van der Waals surface area contributed by atoms with Crippen LogP contribution < -0.4 is 10.6 Å². The topological polar surface area (TPSA) is 66.0 Å². The van der Waals surface area contributed by atoms with Gasteiger partial charge in [0.1, 0.15) is 6.33 Å². The summed E-state index contributed by atoms with van der Waals surface area (Å²) in [6.45, 7) is 8.49. The largest absolute Gasteiger partial charge is 0.354 e.